The van der Waals surface area contributed by atoms with Gasteiger partial charge in [-0.15, -0.1) is 0 Å². The first-order valence-corrected chi connectivity index (χ1v) is 6.92. The molecule has 0 bridgehead atoms. The molecule has 3 nitrogen and oxygen atoms in total. The first-order chi connectivity index (χ1) is 9.93. The number of hydrogen-bond donors (Lipinski definition) is 0. The summed E-state index contributed by atoms with van der Waals surface area (Å²) in [5.74, 6) is 1.69. The third kappa shape index (κ3) is 3.74. The molecule has 1 aromatic rings. The molecule has 0 saturated carbocycles. The molecule has 0 fully saturated rings. The molecular formula is C18H18N2O. The molecule has 1 aromatic heterocycles. The van der Waals surface area contributed by atoms with Gasteiger partial charge in [0.05, 0.1) is 0 Å². The number of allylic oxidation sites excluding steroid dienone is 5. The molecule has 21 heavy (non-hydrogen) atoms. The van der Waals surface area contributed by atoms with Gasteiger partial charge in [0.25, 0.3) is 0 Å². The lowest BCUT2D eigenvalue weighted by molar-refractivity contribution is 0.354. The zero-order valence-electron chi connectivity index (χ0n) is 12.6. The normalized spacial score (nSPS) is 17.2. The van der Waals surface area contributed by atoms with Gasteiger partial charge in [-0.05, 0) is 54.5 Å². The van der Waals surface area contributed by atoms with E-state index in [0.29, 0.717) is 0 Å². The van der Waals surface area contributed by atoms with E-state index in [1.165, 1.54) is 0 Å². The van der Waals surface area contributed by atoms with Gasteiger partial charge in [0.1, 0.15) is 29.2 Å². The standard InChI is InChI=1S/C18H18N2O/c1-13-4-6-17(21-13)7-5-14-8-15(16(11-19)12-20)10-18(2,3)9-14/h4-8H,9-10H2,1-3H3. The molecule has 0 radical (unpaired) electrons. The SMILES string of the molecule is Cc1ccc(C=CC2=CC(=C(C#N)C#N)CC(C)(C)C2)o1. The largest absolute Gasteiger partial charge is 0.462 e. The van der Waals surface area contributed by atoms with E-state index >= 15 is 0 Å². The van der Waals surface area contributed by atoms with E-state index in [0.717, 1.165) is 35.5 Å². The Bertz CT molecular complexity index is 699. The average molecular weight is 278 g/mol. The number of furan rings is 1. The van der Waals surface area contributed by atoms with Crippen LogP contribution in [-0.4, -0.2) is 0 Å². The zero-order chi connectivity index (χ0) is 15.5. The van der Waals surface area contributed by atoms with E-state index in [9.17, 15) is 0 Å². The van der Waals surface area contributed by atoms with Gasteiger partial charge in [-0.3, -0.25) is 0 Å². The molecule has 0 aliphatic heterocycles. The van der Waals surface area contributed by atoms with Crippen LogP contribution in [0.3, 0.4) is 0 Å². The molecule has 2 rings (SSSR count). The summed E-state index contributed by atoms with van der Waals surface area (Å²) in [5, 5.41) is 18.1. The van der Waals surface area contributed by atoms with Gasteiger partial charge < -0.3 is 4.42 Å². The van der Waals surface area contributed by atoms with Crippen LogP contribution in [0.5, 0.6) is 0 Å². The minimum absolute atomic E-state index is 0.0434. The van der Waals surface area contributed by atoms with Gasteiger partial charge in [-0.1, -0.05) is 26.0 Å². The van der Waals surface area contributed by atoms with Crippen LogP contribution in [0.4, 0.5) is 0 Å². The fourth-order valence-electron chi connectivity index (χ4n) is 2.62. The molecule has 0 aromatic carbocycles. The predicted octanol–water partition coefficient (Wildman–Crippen LogP) is 4.69. The fraction of sp³-hybridized carbons (Fsp3) is 0.333. The predicted molar refractivity (Wildman–Crippen MR) is 81.8 cm³/mol. The third-order valence-corrected chi connectivity index (χ3v) is 3.48. The zero-order valence-corrected chi connectivity index (χ0v) is 12.6. The Morgan fingerprint density at radius 1 is 1.19 bits per heavy atom. The topological polar surface area (TPSA) is 60.7 Å². The van der Waals surface area contributed by atoms with Crippen LogP contribution < -0.4 is 0 Å². The minimum Gasteiger partial charge on any atom is -0.462 e. The highest BCUT2D eigenvalue weighted by Gasteiger charge is 2.26. The van der Waals surface area contributed by atoms with Crippen molar-refractivity contribution < 1.29 is 4.42 Å². The van der Waals surface area contributed by atoms with Crippen LogP contribution >= 0.6 is 0 Å². The third-order valence-electron chi connectivity index (χ3n) is 3.48. The lowest BCUT2D eigenvalue weighted by atomic mass is 9.74. The number of nitriles is 2. The Hall–Kier alpha value is -2.52. The van der Waals surface area contributed by atoms with E-state index in [2.05, 4.69) is 13.8 Å². The quantitative estimate of drug-likeness (QED) is 0.737. The maximum Gasteiger partial charge on any atom is 0.132 e. The number of hydrogen-bond acceptors (Lipinski definition) is 3. The summed E-state index contributed by atoms with van der Waals surface area (Å²) in [4.78, 5) is 0. The van der Waals surface area contributed by atoms with E-state index in [-0.39, 0.29) is 11.0 Å². The van der Waals surface area contributed by atoms with Crippen molar-refractivity contribution >= 4 is 6.08 Å². The van der Waals surface area contributed by atoms with Gasteiger partial charge >= 0.3 is 0 Å². The van der Waals surface area contributed by atoms with Gasteiger partial charge in [0, 0.05) is 0 Å². The van der Waals surface area contributed by atoms with Crippen molar-refractivity contribution in [1.82, 2.24) is 0 Å². The Morgan fingerprint density at radius 3 is 2.48 bits per heavy atom. The highest BCUT2D eigenvalue weighted by molar-refractivity contribution is 5.53. The number of nitrogens with zero attached hydrogens (tertiary/aromatic N) is 2. The molecule has 1 aliphatic carbocycles. The van der Waals surface area contributed by atoms with Gasteiger partial charge in [0.2, 0.25) is 0 Å². The highest BCUT2D eigenvalue weighted by Crippen LogP contribution is 2.39. The van der Waals surface area contributed by atoms with Crippen LogP contribution in [0.25, 0.3) is 6.08 Å². The fourth-order valence-corrected chi connectivity index (χ4v) is 2.62. The Labute approximate surface area is 125 Å². The van der Waals surface area contributed by atoms with Crippen molar-refractivity contribution in [2.45, 2.75) is 33.6 Å². The number of aryl methyl sites for hydroxylation is 1. The lowest BCUT2D eigenvalue weighted by Gasteiger charge is -2.30. The maximum absolute atomic E-state index is 9.05. The first kappa shape index (κ1) is 14.9. The Kier molecular flexibility index (Phi) is 4.15. The molecule has 0 saturated heterocycles. The molecule has 0 unspecified atom stereocenters. The van der Waals surface area contributed by atoms with Crippen molar-refractivity contribution in [3.63, 3.8) is 0 Å². The van der Waals surface area contributed by atoms with Crippen LogP contribution in [0.2, 0.25) is 0 Å². The summed E-state index contributed by atoms with van der Waals surface area (Å²) >= 11 is 0. The Morgan fingerprint density at radius 2 is 1.90 bits per heavy atom. The Balaban J connectivity index is 2.34. The summed E-state index contributed by atoms with van der Waals surface area (Å²) in [6.07, 6.45) is 7.55. The van der Waals surface area contributed by atoms with Crippen LogP contribution in [0.15, 0.2) is 45.4 Å². The number of rotatable bonds is 2. The molecule has 106 valence electrons. The molecule has 1 aliphatic rings. The smallest absolute Gasteiger partial charge is 0.132 e. The first-order valence-electron chi connectivity index (χ1n) is 6.92. The summed E-state index contributed by atoms with van der Waals surface area (Å²) in [6.45, 7) is 6.21. The van der Waals surface area contributed by atoms with Gasteiger partial charge in [-0.25, -0.2) is 0 Å². The van der Waals surface area contributed by atoms with E-state index in [4.69, 9.17) is 14.9 Å². The monoisotopic (exact) mass is 278 g/mol. The molecule has 0 N–H and O–H groups in total. The second-order valence-corrected chi connectivity index (χ2v) is 6.14. The maximum atomic E-state index is 9.05. The van der Waals surface area contributed by atoms with Crippen molar-refractivity contribution in [2.75, 3.05) is 0 Å². The molecule has 3 heteroatoms. The summed E-state index contributed by atoms with van der Waals surface area (Å²) in [5.41, 5.74) is 2.19. The molecule has 0 spiro atoms. The average Bonchev–Trinajstić information content (AvgIpc) is 2.82. The molecule has 0 atom stereocenters. The highest BCUT2D eigenvalue weighted by atomic mass is 16.3. The van der Waals surface area contributed by atoms with Crippen molar-refractivity contribution in [3.05, 3.63) is 52.5 Å². The van der Waals surface area contributed by atoms with Gasteiger partial charge in [-0.2, -0.15) is 10.5 Å². The summed E-state index contributed by atoms with van der Waals surface area (Å²) in [6, 6.07) is 7.82. The second-order valence-electron chi connectivity index (χ2n) is 6.14. The minimum atomic E-state index is 0.0434. The van der Waals surface area contributed by atoms with E-state index in [1.807, 2.05) is 49.4 Å². The molecule has 1 heterocycles. The van der Waals surface area contributed by atoms with Gasteiger partial charge in [0.15, 0.2) is 0 Å². The van der Waals surface area contributed by atoms with Crippen LogP contribution in [0, 0.1) is 35.0 Å². The van der Waals surface area contributed by atoms with Crippen molar-refractivity contribution in [2.24, 2.45) is 5.41 Å². The van der Waals surface area contributed by atoms with Crippen molar-refractivity contribution in [3.8, 4) is 12.1 Å². The lowest BCUT2D eigenvalue weighted by Crippen LogP contribution is -2.17. The van der Waals surface area contributed by atoms with Crippen LogP contribution in [-0.2, 0) is 0 Å². The molecular weight excluding hydrogens is 260 g/mol. The summed E-state index contributed by atoms with van der Waals surface area (Å²) in [7, 11) is 0. The summed E-state index contributed by atoms with van der Waals surface area (Å²) < 4.78 is 5.51. The van der Waals surface area contributed by atoms with E-state index < -0.39 is 0 Å². The van der Waals surface area contributed by atoms with Crippen molar-refractivity contribution in [1.29, 1.82) is 10.5 Å². The van der Waals surface area contributed by atoms with Crippen LogP contribution in [0.1, 0.15) is 38.2 Å². The van der Waals surface area contributed by atoms with E-state index in [1.54, 1.807) is 0 Å². The molecule has 0 amide bonds. The second kappa shape index (κ2) is 5.85.